The molecule has 0 unspecified atom stereocenters. The Kier molecular flexibility index (Phi) is 3.84. The number of morpholine rings is 1. The van der Waals surface area contributed by atoms with Crippen LogP contribution in [0.2, 0.25) is 0 Å². The molecule has 0 saturated carbocycles. The molecule has 20 heavy (non-hydrogen) atoms. The number of thiophene rings is 1. The van der Waals surface area contributed by atoms with E-state index >= 15 is 0 Å². The molecule has 106 valence electrons. The molecular weight excluding hydrogens is 276 g/mol. The molecule has 2 aromatic heterocycles. The van der Waals surface area contributed by atoms with Gasteiger partial charge in [-0.15, -0.1) is 11.3 Å². The maximum absolute atomic E-state index is 12.2. The van der Waals surface area contributed by atoms with E-state index in [1.54, 1.807) is 12.4 Å². The molecule has 0 amide bonds. The second kappa shape index (κ2) is 5.76. The number of hydrogen-bond acceptors (Lipinski definition) is 6. The highest BCUT2D eigenvalue weighted by Crippen LogP contribution is 2.38. The van der Waals surface area contributed by atoms with Crippen LogP contribution in [0.3, 0.4) is 0 Å². The smallest absolute Gasteiger partial charge is 0.350 e. The van der Waals surface area contributed by atoms with E-state index < -0.39 is 0 Å². The van der Waals surface area contributed by atoms with Gasteiger partial charge in [0.15, 0.2) is 0 Å². The van der Waals surface area contributed by atoms with Gasteiger partial charge in [-0.3, -0.25) is 4.98 Å². The first-order chi connectivity index (χ1) is 9.81. The molecule has 3 heterocycles. The van der Waals surface area contributed by atoms with E-state index in [-0.39, 0.29) is 5.97 Å². The number of nitrogens with zero attached hydrogens (tertiary/aromatic N) is 2. The Morgan fingerprint density at radius 3 is 3.05 bits per heavy atom. The summed E-state index contributed by atoms with van der Waals surface area (Å²) >= 11 is 1.45. The summed E-state index contributed by atoms with van der Waals surface area (Å²) in [5.74, 6) is -0.254. The molecule has 0 aliphatic carbocycles. The molecule has 0 bridgehead atoms. The lowest BCUT2D eigenvalue weighted by atomic mass is 10.2. The molecule has 1 saturated heterocycles. The average Bonchev–Trinajstić information content (AvgIpc) is 2.88. The summed E-state index contributed by atoms with van der Waals surface area (Å²) in [5.41, 5.74) is 0.967. The van der Waals surface area contributed by atoms with E-state index in [1.807, 2.05) is 13.0 Å². The predicted octanol–water partition coefficient (Wildman–Crippen LogP) is 2.31. The van der Waals surface area contributed by atoms with E-state index in [4.69, 9.17) is 9.47 Å². The average molecular weight is 292 g/mol. The normalized spacial score (nSPS) is 15.6. The molecule has 1 fully saturated rings. The number of hydrogen-bond donors (Lipinski definition) is 0. The minimum absolute atomic E-state index is 0.254. The van der Waals surface area contributed by atoms with Crippen molar-refractivity contribution < 1.29 is 14.3 Å². The summed E-state index contributed by atoms with van der Waals surface area (Å²) < 4.78 is 11.6. The predicted molar refractivity (Wildman–Crippen MR) is 78.6 cm³/mol. The van der Waals surface area contributed by atoms with Gasteiger partial charge in [-0.25, -0.2) is 4.79 Å². The van der Waals surface area contributed by atoms with Crippen LogP contribution in [-0.4, -0.2) is 43.9 Å². The van der Waals surface area contributed by atoms with Crippen molar-refractivity contribution >= 4 is 33.1 Å². The van der Waals surface area contributed by atoms with Gasteiger partial charge in [0.25, 0.3) is 0 Å². The SMILES string of the molecule is CCOC(=O)c1sc2cnccc2c1N1CCOCC1. The summed E-state index contributed by atoms with van der Waals surface area (Å²) in [4.78, 5) is 19.2. The fraction of sp³-hybridized carbons (Fsp3) is 0.429. The third-order valence-electron chi connectivity index (χ3n) is 3.25. The van der Waals surface area contributed by atoms with E-state index in [2.05, 4.69) is 9.88 Å². The number of pyridine rings is 1. The van der Waals surface area contributed by atoms with Gasteiger partial charge < -0.3 is 14.4 Å². The second-order valence-electron chi connectivity index (χ2n) is 4.47. The van der Waals surface area contributed by atoms with Crippen molar-refractivity contribution in [3.05, 3.63) is 23.3 Å². The molecular formula is C14H16N2O3S. The molecule has 0 spiro atoms. The Morgan fingerprint density at radius 1 is 1.50 bits per heavy atom. The maximum atomic E-state index is 12.2. The lowest BCUT2D eigenvalue weighted by Gasteiger charge is -2.29. The third-order valence-corrected chi connectivity index (χ3v) is 4.36. The van der Waals surface area contributed by atoms with E-state index in [1.165, 1.54) is 11.3 Å². The Labute approximate surface area is 121 Å². The monoisotopic (exact) mass is 292 g/mol. The van der Waals surface area contributed by atoms with Gasteiger partial charge in [0.05, 0.1) is 30.2 Å². The molecule has 0 atom stereocenters. The lowest BCUT2D eigenvalue weighted by Crippen LogP contribution is -2.36. The summed E-state index contributed by atoms with van der Waals surface area (Å²) in [7, 11) is 0. The Bertz CT molecular complexity index is 620. The molecule has 6 heteroatoms. The number of rotatable bonds is 3. The van der Waals surface area contributed by atoms with Gasteiger partial charge >= 0.3 is 5.97 Å². The molecule has 0 N–H and O–H groups in total. The van der Waals surface area contributed by atoms with Gasteiger partial charge in [0.1, 0.15) is 4.88 Å². The standard InChI is InChI=1S/C14H16N2O3S/c1-2-19-14(17)13-12(16-5-7-18-8-6-16)10-3-4-15-9-11(10)20-13/h3-4,9H,2,5-8H2,1H3. The lowest BCUT2D eigenvalue weighted by molar-refractivity contribution is 0.0532. The number of fused-ring (bicyclic) bond motifs is 1. The zero-order chi connectivity index (χ0) is 13.9. The van der Waals surface area contributed by atoms with E-state index in [9.17, 15) is 4.79 Å². The first-order valence-electron chi connectivity index (χ1n) is 6.67. The van der Waals surface area contributed by atoms with Crippen LogP contribution in [0.1, 0.15) is 16.6 Å². The van der Waals surface area contributed by atoms with Gasteiger partial charge in [-0.1, -0.05) is 0 Å². The Morgan fingerprint density at radius 2 is 2.30 bits per heavy atom. The van der Waals surface area contributed by atoms with Gasteiger partial charge in [0, 0.05) is 30.9 Å². The minimum atomic E-state index is -0.254. The highest BCUT2D eigenvalue weighted by atomic mass is 32.1. The van der Waals surface area contributed by atoms with Crippen molar-refractivity contribution in [1.82, 2.24) is 4.98 Å². The number of carbonyl (C=O) groups excluding carboxylic acids is 1. The van der Waals surface area contributed by atoms with Crippen LogP contribution in [0.5, 0.6) is 0 Å². The summed E-state index contributed by atoms with van der Waals surface area (Å²) in [6.07, 6.45) is 3.56. The van der Waals surface area contributed by atoms with Crippen LogP contribution >= 0.6 is 11.3 Å². The molecule has 5 nitrogen and oxygen atoms in total. The number of anilines is 1. The number of ether oxygens (including phenoxy) is 2. The van der Waals surface area contributed by atoms with Crippen LogP contribution in [0.15, 0.2) is 18.5 Å². The zero-order valence-electron chi connectivity index (χ0n) is 11.3. The summed E-state index contributed by atoms with van der Waals surface area (Å²) in [6, 6.07) is 1.96. The van der Waals surface area contributed by atoms with Crippen molar-refractivity contribution in [2.24, 2.45) is 0 Å². The van der Waals surface area contributed by atoms with E-state index in [0.717, 1.165) is 28.9 Å². The maximum Gasteiger partial charge on any atom is 0.350 e. The zero-order valence-corrected chi connectivity index (χ0v) is 12.1. The van der Waals surface area contributed by atoms with Gasteiger partial charge in [-0.2, -0.15) is 0 Å². The Balaban J connectivity index is 2.09. The highest BCUT2D eigenvalue weighted by molar-refractivity contribution is 7.21. The van der Waals surface area contributed by atoms with Crippen molar-refractivity contribution in [2.75, 3.05) is 37.8 Å². The quantitative estimate of drug-likeness (QED) is 0.813. The molecule has 2 aromatic rings. The van der Waals surface area contributed by atoms with E-state index in [0.29, 0.717) is 24.7 Å². The van der Waals surface area contributed by atoms with Crippen molar-refractivity contribution in [2.45, 2.75) is 6.92 Å². The van der Waals surface area contributed by atoms with Crippen molar-refractivity contribution in [3.8, 4) is 0 Å². The Hall–Kier alpha value is -1.66. The van der Waals surface area contributed by atoms with Crippen LogP contribution in [0.4, 0.5) is 5.69 Å². The fourth-order valence-corrected chi connectivity index (χ4v) is 3.46. The van der Waals surface area contributed by atoms with Crippen LogP contribution < -0.4 is 4.90 Å². The summed E-state index contributed by atoms with van der Waals surface area (Å²) in [6.45, 7) is 5.16. The number of aromatic nitrogens is 1. The van der Waals surface area contributed by atoms with Gasteiger partial charge in [-0.05, 0) is 13.0 Å². The molecule has 1 aliphatic heterocycles. The molecule has 1 aliphatic rings. The van der Waals surface area contributed by atoms with Crippen molar-refractivity contribution in [1.29, 1.82) is 0 Å². The molecule has 0 radical (unpaired) electrons. The fourth-order valence-electron chi connectivity index (χ4n) is 2.37. The molecule has 3 rings (SSSR count). The molecule has 0 aromatic carbocycles. The van der Waals surface area contributed by atoms with Crippen LogP contribution in [-0.2, 0) is 9.47 Å². The van der Waals surface area contributed by atoms with Crippen LogP contribution in [0, 0.1) is 0 Å². The number of carbonyl (C=O) groups is 1. The first-order valence-corrected chi connectivity index (χ1v) is 7.49. The second-order valence-corrected chi connectivity index (χ2v) is 5.52. The third kappa shape index (κ3) is 2.36. The topological polar surface area (TPSA) is 51.7 Å². The number of esters is 1. The first kappa shape index (κ1) is 13.3. The van der Waals surface area contributed by atoms with Crippen molar-refractivity contribution in [3.63, 3.8) is 0 Å². The van der Waals surface area contributed by atoms with Crippen LogP contribution in [0.25, 0.3) is 10.1 Å². The largest absolute Gasteiger partial charge is 0.462 e. The minimum Gasteiger partial charge on any atom is -0.462 e. The summed E-state index contributed by atoms with van der Waals surface area (Å²) in [5, 5.41) is 1.06. The van der Waals surface area contributed by atoms with Gasteiger partial charge in [0.2, 0.25) is 0 Å². The highest BCUT2D eigenvalue weighted by Gasteiger charge is 2.25.